The quantitative estimate of drug-likeness (QED) is 0.814. The number of hydrogen-bond donors (Lipinski definition) is 2. The van der Waals surface area contributed by atoms with Gasteiger partial charge in [0.25, 0.3) is 0 Å². The molecule has 1 aromatic heterocycles. The first-order valence-electron chi connectivity index (χ1n) is 5.46. The van der Waals surface area contributed by atoms with Crippen molar-refractivity contribution in [2.24, 2.45) is 5.73 Å². The van der Waals surface area contributed by atoms with Gasteiger partial charge in [-0.15, -0.1) is 0 Å². The van der Waals surface area contributed by atoms with Crippen LogP contribution in [0.1, 0.15) is 11.7 Å². The number of nitrogens with zero attached hydrogens (tertiary/aromatic N) is 1. The lowest BCUT2D eigenvalue weighted by molar-refractivity contribution is 0.405. The fourth-order valence-corrected chi connectivity index (χ4v) is 1.62. The van der Waals surface area contributed by atoms with Crippen LogP contribution in [0.5, 0.6) is 5.75 Å². The molecule has 1 aromatic carbocycles. The molecule has 1 unspecified atom stereocenters. The lowest BCUT2D eigenvalue weighted by atomic mass is 10.2. The number of ether oxygens (including phenoxy) is 1. The van der Waals surface area contributed by atoms with Gasteiger partial charge in [-0.1, -0.05) is 0 Å². The Kier molecular flexibility index (Phi) is 3.74. The van der Waals surface area contributed by atoms with E-state index in [1.165, 1.54) is 12.1 Å². The van der Waals surface area contributed by atoms with Crippen LogP contribution in [0.2, 0.25) is 0 Å². The zero-order valence-corrected chi connectivity index (χ0v) is 9.93. The maximum atomic E-state index is 12.8. The third-order valence-corrected chi connectivity index (χ3v) is 2.54. The normalized spacial score (nSPS) is 11.9. The van der Waals surface area contributed by atoms with E-state index in [1.807, 2.05) is 0 Å². The Labute approximate surface area is 105 Å². The molecule has 94 valence electrons. The van der Waals surface area contributed by atoms with Crippen molar-refractivity contribution in [1.82, 2.24) is 4.98 Å². The van der Waals surface area contributed by atoms with Crippen molar-refractivity contribution in [3.8, 4) is 5.75 Å². The van der Waals surface area contributed by atoms with Crippen molar-refractivity contribution in [1.29, 1.82) is 0 Å². The van der Waals surface area contributed by atoms with Gasteiger partial charge in [-0.25, -0.2) is 4.39 Å². The minimum Gasteiger partial charge on any atom is -0.495 e. The highest BCUT2D eigenvalue weighted by Gasteiger charge is 2.11. The first kappa shape index (κ1) is 12.3. The van der Waals surface area contributed by atoms with E-state index >= 15 is 0 Å². The smallest absolute Gasteiger partial charge is 0.143 e. The number of pyridine rings is 1. The summed E-state index contributed by atoms with van der Waals surface area (Å²) >= 11 is 0. The van der Waals surface area contributed by atoms with Crippen molar-refractivity contribution >= 4 is 5.69 Å². The molecule has 4 nitrogen and oxygen atoms in total. The second-order valence-corrected chi connectivity index (χ2v) is 3.75. The second-order valence-electron chi connectivity index (χ2n) is 3.75. The Morgan fingerprint density at radius 1 is 1.28 bits per heavy atom. The highest BCUT2D eigenvalue weighted by molar-refractivity contribution is 5.46. The fraction of sp³-hybridized carbons (Fsp3) is 0.154. The number of rotatable bonds is 4. The summed E-state index contributed by atoms with van der Waals surface area (Å²) < 4.78 is 18.0. The average molecular weight is 247 g/mol. The summed E-state index contributed by atoms with van der Waals surface area (Å²) in [6, 6.07) is 7.78. The Balaban J connectivity index is 2.16. The van der Waals surface area contributed by atoms with Crippen LogP contribution in [-0.4, -0.2) is 12.1 Å². The van der Waals surface area contributed by atoms with E-state index < -0.39 is 6.17 Å². The van der Waals surface area contributed by atoms with E-state index in [9.17, 15) is 4.39 Å². The summed E-state index contributed by atoms with van der Waals surface area (Å²) in [4.78, 5) is 3.96. The maximum Gasteiger partial charge on any atom is 0.143 e. The fourth-order valence-electron chi connectivity index (χ4n) is 1.62. The minimum absolute atomic E-state index is 0.282. The van der Waals surface area contributed by atoms with E-state index in [0.29, 0.717) is 5.75 Å². The van der Waals surface area contributed by atoms with Gasteiger partial charge in [-0.2, -0.15) is 0 Å². The number of aromatic nitrogens is 1. The van der Waals surface area contributed by atoms with Gasteiger partial charge in [0.05, 0.1) is 13.3 Å². The topological polar surface area (TPSA) is 60.2 Å². The Bertz CT molecular complexity index is 516. The highest BCUT2D eigenvalue weighted by Crippen LogP contribution is 2.23. The molecule has 1 heterocycles. The van der Waals surface area contributed by atoms with E-state index in [2.05, 4.69) is 10.3 Å². The third kappa shape index (κ3) is 2.75. The maximum absolute atomic E-state index is 12.8. The van der Waals surface area contributed by atoms with Crippen LogP contribution in [0, 0.1) is 5.82 Å². The van der Waals surface area contributed by atoms with Gasteiger partial charge in [-0.3, -0.25) is 4.98 Å². The molecule has 0 bridgehead atoms. The molecule has 0 aliphatic heterocycles. The van der Waals surface area contributed by atoms with E-state index in [0.717, 1.165) is 11.3 Å². The number of methoxy groups -OCH3 is 1. The summed E-state index contributed by atoms with van der Waals surface area (Å²) in [5.74, 6) is 0.329. The summed E-state index contributed by atoms with van der Waals surface area (Å²) in [6.07, 6.45) is 2.79. The first-order valence-corrected chi connectivity index (χ1v) is 5.46. The molecule has 0 aliphatic carbocycles. The van der Waals surface area contributed by atoms with Crippen LogP contribution in [0.25, 0.3) is 0 Å². The van der Waals surface area contributed by atoms with Crippen LogP contribution in [0.4, 0.5) is 10.1 Å². The number of halogens is 1. The number of nitrogens with one attached hydrogen (secondary N) is 1. The number of anilines is 1. The SMILES string of the molecule is COc1cnccc1C(N)Nc1ccc(F)cc1. The van der Waals surface area contributed by atoms with Crippen LogP contribution in [0.3, 0.4) is 0 Å². The molecule has 2 aromatic rings. The lowest BCUT2D eigenvalue weighted by Gasteiger charge is -2.17. The third-order valence-electron chi connectivity index (χ3n) is 2.54. The van der Waals surface area contributed by atoms with Crippen molar-refractivity contribution in [3.05, 3.63) is 54.1 Å². The summed E-state index contributed by atoms with van der Waals surface area (Å²) in [5, 5.41) is 3.06. The summed E-state index contributed by atoms with van der Waals surface area (Å²) in [6.45, 7) is 0. The predicted molar refractivity (Wildman–Crippen MR) is 67.7 cm³/mol. The van der Waals surface area contributed by atoms with Gasteiger partial charge in [-0.05, 0) is 30.3 Å². The number of nitrogens with two attached hydrogens (primary N) is 1. The molecular weight excluding hydrogens is 233 g/mol. The standard InChI is InChI=1S/C13H14FN3O/c1-18-12-8-16-7-6-11(12)13(15)17-10-4-2-9(14)3-5-10/h2-8,13,17H,15H2,1H3. The molecule has 18 heavy (non-hydrogen) atoms. The van der Waals surface area contributed by atoms with Gasteiger partial charge in [0, 0.05) is 17.4 Å². The van der Waals surface area contributed by atoms with Crippen molar-refractivity contribution in [2.75, 3.05) is 12.4 Å². The predicted octanol–water partition coefficient (Wildman–Crippen LogP) is 2.30. The Morgan fingerprint density at radius 3 is 2.67 bits per heavy atom. The monoisotopic (exact) mass is 247 g/mol. The molecule has 0 radical (unpaired) electrons. The molecule has 0 fully saturated rings. The molecule has 5 heteroatoms. The number of benzene rings is 1. The molecule has 1 atom stereocenters. The van der Waals surface area contributed by atoms with Crippen molar-refractivity contribution in [3.63, 3.8) is 0 Å². The van der Waals surface area contributed by atoms with Crippen molar-refractivity contribution < 1.29 is 9.13 Å². The Morgan fingerprint density at radius 2 is 2.00 bits per heavy atom. The van der Waals surface area contributed by atoms with Crippen LogP contribution < -0.4 is 15.8 Å². The van der Waals surface area contributed by atoms with Crippen molar-refractivity contribution in [2.45, 2.75) is 6.17 Å². The minimum atomic E-state index is -0.451. The summed E-state index contributed by atoms with van der Waals surface area (Å²) in [5.41, 5.74) is 7.56. The lowest BCUT2D eigenvalue weighted by Crippen LogP contribution is -2.20. The molecule has 2 rings (SSSR count). The molecule has 3 N–H and O–H groups in total. The molecule has 0 saturated heterocycles. The molecule has 0 aliphatic rings. The van der Waals surface area contributed by atoms with Gasteiger partial charge in [0.1, 0.15) is 17.7 Å². The zero-order valence-electron chi connectivity index (χ0n) is 9.93. The largest absolute Gasteiger partial charge is 0.495 e. The van der Waals surface area contributed by atoms with Gasteiger partial charge in [0.15, 0.2) is 0 Å². The average Bonchev–Trinajstić information content (AvgIpc) is 2.41. The van der Waals surface area contributed by atoms with Crippen LogP contribution >= 0.6 is 0 Å². The molecular formula is C13H14FN3O. The highest BCUT2D eigenvalue weighted by atomic mass is 19.1. The Hall–Kier alpha value is -2.14. The van der Waals surface area contributed by atoms with Gasteiger partial charge < -0.3 is 15.8 Å². The molecule has 0 spiro atoms. The summed E-state index contributed by atoms with van der Waals surface area (Å²) in [7, 11) is 1.56. The van der Waals surface area contributed by atoms with E-state index in [-0.39, 0.29) is 5.82 Å². The van der Waals surface area contributed by atoms with Gasteiger partial charge in [0.2, 0.25) is 0 Å². The van der Waals surface area contributed by atoms with E-state index in [1.54, 1.807) is 37.7 Å². The molecule has 0 amide bonds. The second kappa shape index (κ2) is 5.46. The van der Waals surface area contributed by atoms with Crippen LogP contribution in [-0.2, 0) is 0 Å². The van der Waals surface area contributed by atoms with Gasteiger partial charge >= 0.3 is 0 Å². The van der Waals surface area contributed by atoms with E-state index in [4.69, 9.17) is 10.5 Å². The molecule has 0 saturated carbocycles. The van der Waals surface area contributed by atoms with Crippen LogP contribution in [0.15, 0.2) is 42.7 Å². The number of hydrogen-bond acceptors (Lipinski definition) is 4. The zero-order chi connectivity index (χ0) is 13.0. The first-order chi connectivity index (χ1) is 8.70.